The topological polar surface area (TPSA) is 86.5 Å². The highest BCUT2D eigenvalue weighted by Gasteiger charge is 2.55. The number of hydrogen-bond donors (Lipinski definition) is 0. The van der Waals surface area contributed by atoms with Gasteiger partial charge in [0, 0.05) is 10.2 Å². The van der Waals surface area contributed by atoms with Gasteiger partial charge in [0.15, 0.2) is 0 Å². The first kappa shape index (κ1) is 28.9. The highest BCUT2D eigenvalue weighted by molar-refractivity contribution is 9.10. The van der Waals surface area contributed by atoms with Crippen LogP contribution in [0.5, 0.6) is 0 Å². The van der Waals surface area contributed by atoms with Gasteiger partial charge in [-0.15, -0.1) is 5.10 Å². The van der Waals surface area contributed by atoms with Gasteiger partial charge in [0.05, 0.1) is 24.7 Å². The molecule has 4 atom stereocenters. The van der Waals surface area contributed by atoms with E-state index in [9.17, 15) is 9.59 Å². The second-order valence-electron chi connectivity index (χ2n) is 13.0. The summed E-state index contributed by atoms with van der Waals surface area (Å²) in [4.78, 5) is 27.8. The van der Waals surface area contributed by atoms with E-state index in [1.165, 1.54) is 16.7 Å². The van der Waals surface area contributed by atoms with E-state index in [0.29, 0.717) is 24.7 Å². The maximum atomic E-state index is 13.7. The number of cyclic esters (lactones) is 1. The smallest absolute Gasteiger partial charge is 0.414 e. The SMILES string of the molecule is CC(C)c1ccc2c(c1)CC[C@H]1[C@](C)(C(=O)OCc3cn(CC4CN(c5cccc(Br)c5)C(=O)O4)nn3)CCC[C@]21C. The maximum absolute atomic E-state index is 13.7. The molecule has 1 amide bonds. The summed E-state index contributed by atoms with van der Waals surface area (Å²) in [7, 11) is 0. The molecule has 0 bridgehead atoms. The highest BCUT2D eigenvalue weighted by atomic mass is 79.9. The summed E-state index contributed by atoms with van der Waals surface area (Å²) in [6.07, 6.45) is 5.93. The van der Waals surface area contributed by atoms with Gasteiger partial charge in [-0.05, 0) is 84.7 Å². The molecule has 1 unspecified atom stereocenters. The number of halogens is 1. The molecule has 0 N–H and O–H groups in total. The number of hydrogen-bond acceptors (Lipinski definition) is 6. The van der Waals surface area contributed by atoms with Crippen molar-refractivity contribution < 1.29 is 19.1 Å². The lowest BCUT2D eigenvalue weighted by atomic mass is 9.49. The van der Waals surface area contributed by atoms with Crippen molar-refractivity contribution in [2.24, 2.45) is 11.3 Å². The molecule has 3 aromatic rings. The summed E-state index contributed by atoms with van der Waals surface area (Å²) in [5.74, 6) is 0.583. The highest BCUT2D eigenvalue weighted by Crippen LogP contribution is 2.57. The fourth-order valence-corrected chi connectivity index (χ4v) is 7.98. The van der Waals surface area contributed by atoms with Gasteiger partial charge in [0.25, 0.3) is 0 Å². The Morgan fingerprint density at radius 1 is 1.19 bits per heavy atom. The zero-order valence-electron chi connectivity index (χ0n) is 24.8. The molecule has 42 heavy (non-hydrogen) atoms. The number of esters is 1. The predicted octanol–water partition coefficient (Wildman–Crippen LogP) is 6.94. The number of benzene rings is 2. The monoisotopic (exact) mass is 634 g/mol. The number of carbonyl (C=O) groups excluding carboxylic acids is 2. The minimum absolute atomic E-state index is 0.0410. The molecular weight excluding hydrogens is 596 g/mol. The number of anilines is 1. The Hall–Kier alpha value is -3.20. The Labute approximate surface area is 255 Å². The van der Waals surface area contributed by atoms with Crippen LogP contribution in [-0.4, -0.2) is 39.7 Å². The van der Waals surface area contributed by atoms with E-state index in [1.807, 2.05) is 24.3 Å². The average molecular weight is 636 g/mol. The third-order valence-corrected chi connectivity index (χ3v) is 10.3. The van der Waals surface area contributed by atoms with Crippen LogP contribution < -0.4 is 4.90 Å². The molecule has 6 rings (SSSR count). The number of carbonyl (C=O) groups is 2. The van der Waals surface area contributed by atoms with Crippen LogP contribution in [0.2, 0.25) is 0 Å². The summed E-state index contributed by atoms with van der Waals surface area (Å²) in [5.41, 5.74) is 5.00. The number of fused-ring (bicyclic) bond motifs is 3. The fourth-order valence-electron chi connectivity index (χ4n) is 7.59. The van der Waals surface area contributed by atoms with E-state index >= 15 is 0 Å². The standard InChI is InChI=1S/C33H39BrN4O4/c1-21(2)22-9-11-28-23(15-22)10-12-29-32(28,3)13-6-14-33(29,4)30(39)41-20-25-17-37(36-35-25)18-27-19-38(31(40)42-27)26-8-5-7-24(34)16-26/h5,7-9,11,15-17,21,27,29H,6,10,12-14,18-20H2,1-4H3/t27?,29-,32-,33-/m1/s1. The van der Waals surface area contributed by atoms with Crippen LogP contribution in [0.15, 0.2) is 53.1 Å². The van der Waals surface area contributed by atoms with Gasteiger partial charge in [0.1, 0.15) is 18.4 Å². The van der Waals surface area contributed by atoms with Crippen LogP contribution in [0.25, 0.3) is 0 Å². The molecule has 8 nitrogen and oxygen atoms in total. The molecule has 0 spiro atoms. The van der Waals surface area contributed by atoms with Crippen molar-refractivity contribution >= 4 is 33.7 Å². The third kappa shape index (κ3) is 5.25. The second-order valence-corrected chi connectivity index (χ2v) is 13.9. The Morgan fingerprint density at radius 2 is 2.02 bits per heavy atom. The van der Waals surface area contributed by atoms with Crippen molar-refractivity contribution in [3.63, 3.8) is 0 Å². The van der Waals surface area contributed by atoms with Gasteiger partial charge in [-0.3, -0.25) is 9.69 Å². The van der Waals surface area contributed by atoms with E-state index in [1.54, 1.807) is 15.8 Å². The first-order valence-electron chi connectivity index (χ1n) is 15.0. The molecule has 2 aromatic carbocycles. The number of rotatable bonds is 7. The number of aryl methyl sites for hydroxylation is 1. The minimum atomic E-state index is -0.550. The summed E-state index contributed by atoms with van der Waals surface area (Å²) < 4.78 is 14.1. The predicted molar refractivity (Wildman–Crippen MR) is 163 cm³/mol. The molecular formula is C33H39BrN4O4. The van der Waals surface area contributed by atoms with Gasteiger partial charge in [-0.2, -0.15) is 0 Å². The van der Waals surface area contributed by atoms with Crippen LogP contribution in [-0.2, 0) is 39.3 Å². The van der Waals surface area contributed by atoms with Crippen LogP contribution >= 0.6 is 15.9 Å². The van der Waals surface area contributed by atoms with Crippen LogP contribution in [0, 0.1) is 11.3 Å². The Morgan fingerprint density at radius 3 is 2.81 bits per heavy atom. The van der Waals surface area contributed by atoms with Crippen molar-refractivity contribution in [1.29, 1.82) is 0 Å². The van der Waals surface area contributed by atoms with Crippen molar-refractivity contribution in [3.05, 3.63) is 75.5 Å². The Kier molecular flexibility index (Phi) is 7.66. The van der Waals surface area contributed by atoms with Crippen LogP contribution in [0.4, 0.5) is 10.5 Å². The first-order valence-corrected chi connectivity index (χ1v) is 15.8. The van der Waals surface area contributed by atoms with Crippen molar-refractivity contribution in [3.8, 4) is 0 Å². The summed E-state index contributed by atoms with van der Waals surface area (Å²) in [6, 6.07) is 14.5. The summed E-state index contributed by atoms with van der Waals surface area (Å²) >= 11 is 3.45. The zero-order valence-corrected chi connectivity index (χ0v) is 26.4. The van der Waals surface area contributed by atoms with E-state index < -0.39 is 5.41 Å². The zero-order chi connectivity index (χ0) is 29.6. The lowest BCUT2D eigenvalue weighted by Crippen LogP contribution is -2.52. The molecule has 0 radical (unpaired) electrons. The van der Waals surface area contributed by atoms with Crippen LogP contribution in [0.1, 0.15) is 81.7 Å². The van der Waals surface area contributed by atoms with Gasteiger partial charge < -0.3 is 9.47 Å². The third-order valence-electron chi connectivity index (χ3n) is 9.83. The lowest BCUT2D eigenvalue weighted by Gasteiger charge is -2.54. The molecule has 1 aromatic heterocycles. The van der Waals surface area contributed by atoms with Gasteiger partial charge in [0.2, 0.25) is 0 Å². The molecule has 2 fully saturated rings. The summed E-state index contributed by atoms with van der Waals surface area (Å²) in [5, 5.41) is 8.43. The quantitative estimate of drug-likeness (QED) is 0.262. The molecule has 222 valence electrons. The van der Waals surface area contributed by atoms with E-state index in [0.717, 1.165) is 42.3 Å². The second kappa shape index (κ2) is 11.1. The van der Waals surface area contributed by atoms with E-state index in [4.69, 9.17) is 9.47 Å². The van der Waals surface area contributed by atoms with E-state index in [2.05, 4.69) is 72.1 Å². The van der Waals surface area contributed by atoms with Crippen molar-refractivity contribution in [2.45, 2.75) is 90.4 Å². The lowest BCUT2D eigenvalue weighted by molar-refractivity contribution is -0.166. The van der Waals surface area contributed by atoms with Crippen LogP contribution in [0.3, 0.4) is 0 Å². The molecule has 1 saturated carbocycles. The number of ether oxygens (including phenoxy) is 2. The average Bonchev–Trinajstić information content (AvgIpc) is 3.56. The molecule has 1 aliphatic heterocycles. The minimum Gasteiger partial charge on any atom is -0.459 e. The largest absolute Gasteiger partial charge is 0.459 e. The maximum Gasteiger partial charge on any atom is 0.414 e. The summed E-state index contributed by atoms with van der Waals surface area (Å²) in [6.45, 7) is 9.79. The van der Waals surface area contributed by atoms with Gasteiger partial charge in [-0.1, -0.05) is 72.6 Å². The Balaban J connectivity index is 1.09. The molecule has 2 aliphatic carbocycles. The normalized spacial score (nSPS) is 27.0. The number of amides is 1. The van der Waals surface area contributed by atoms with Crippen molar-refractivity contribution in [2.75, 3.05) is 11.4 Å². The molecule has 9 heteroatoms. The molecule has 1 saturated heterocycles. The molecule has 2 heterocycles. The fraction of sp³-hybridized carbons (Fsp3) is 0.515. The molecule has 3 aliphatic rings. The Bertz CT molecular complexity index is 1500. The van der Waals surface area contributed by atoms with Gasteiger partial charge in [-0.25, -0.2) is 9.48 Å². The van der Waals surface area contributed by atoms with Crippen molar-refractivity contribution in [1.82, 2.24) is 15.0 Å². The first-order chi connectivity index (χ1) is 20.1. The van der Waals surface area contributed by atoms with Gasteiger partial charge >= 0.3 is 12.1 Å². The number of nitrogens with zero attached hydrogens (tertiary/aromatic N) is 4. The number of aromatic nitrogens is 3. The van der Waals surface area contributed by atoms with E-state index in [-0.39, 0.29) is 36.1 Å².